The third kappa shape index (κ3) is 2.56. The predicted octanol–water partition coefficient (Wildman–Crippen LogP) is 2.58. The number of benzene rings is 1. The van der Waals surface area contributed by atoms with Gasteiger partial charge < -0.3 is 15.4 Å². The zero-order valence-electron chi connectivity index (χ0n) is 13.9. The van der Waals surface area contributed by atoms with Gasteiger partial charge in [0.1, 0.15) is 0 Å². The number of ether oxygens (including phenoxy) is 1. The second kappa shape index (κ2) is 6.32. The van der Waals surface area contributed by atoms with Crippen molar-refractivity contribution in [1.82, 2.24) is 4.90 Å². The average Bonchev–Trinajstić information content (AvgIpc) is 3.17. The Morgan fingerprint density at radius 2 is 1.96 bits per heavy atom. The number of likely N-dealkylation sites (tertiary alicyclic amines) is 1. The van der Waals surface area contributed by atoms with Gasteiger partial charge in [0.25, 0.3) is 0 Å². The van der Waals surface area contributed by atoms with Gasteiger partial charge in [-0.1, -0.05) is 29.8 Å². The first-order chi connectivity index (χ1) is 11.6. The molecule has 0 bridgehead atoms. The Balaban J connectivity index is 1.65. The highest BCUT2D eigenvalue weighted by Crippen LogP contribution is 2.43. The van der Waals surface area contributed by atoms with Crippen LogP contribution in [0.25, 0.3) is 0 Å². The maximum Gasteiger partial charge on any atom is 0.233 e. The third-order valence-corrected chi connectivity index (χ3v) is 6.67. The molecular weight excluding hydrogens is 324 g/mol. The minimum Gasteiger partial charge on any atom is -0.381 e. The maximum absolute atomic E-state index is 13.6. The smallest absolute Gasteiger partial charge is 0.233 e. The first-order valence-corrected chi connectivity index (χ1v) is 9.37. The van der Waals surface area contributed by atoms with E-state index in [0.29, 0.717) is 42.9 Å². The van der Waals surface area contributed by atoms with Gasteiger partial charge in [0, 0.05) is 37.4 Å². The summed E-state index contributed by atoms with van der Waals surface area (Å²) >= 11 is 6.49. The minimum absolute atomic E-state index is 0.223. The third-order valence-electron chi connectivity index (χ3n) is 6.34. The van der Waals surface area contributed by atoms with Crippen molar-refractivity contribution in [2.45, 2.75) is 37.1 Å². The lowest BCUT2D eigenvalue weighted by atomic mass is 9.73. The molecule has 2 N–H and O–H groups in total. The van der Waals surface area contributed by atoms with E-state index in [4.69, 9.17) is 22.1 Å². The second-order valence-corrected chi connectivity index (χ2v) is 7.96. The highest BCUT2D eigenvalue weighted by molar-refractivity contribution is 6.31. The van der Waals surface area contributed by atoms with Crippen LogP contribution in [0.3, 0.4) is 0 Å². The molecule has 0 radical (unpaired) electrons. The molecule has 3 aliphatic rings. The van der Waals surface area contributed by atoms with Crippen LogP contribution in [0.1, 0.15) is 31.2 Å². The quantitative estimate of drug-likeness (QED) is 0.893. The summed E-state index contributed by atoms with van der Waals surface area (Å²) in [6.07, 6.45) is 3.65. The van der Waals surface area contributed by atoms with Crippen molar-refractivity contribution >= 4 is 17.5 Å². The van der Waals surface area contributed by atoms with Crippen LogP contribution in [0, 0.1) is 11.8 Å². The number of hydrogen-bond acceptors (Lipinski definition) is 3. The van der Waals surface area contributed by atoms with Crippen molar-refractivity contribution < 1.29 is 9.53 Å². The lowest BCUT2D eigenvalue weighted by Gasteiger charge is -2.39. The number of carbonyl (C=O) groups is 1. The van der Waals surface area contributed by atoms with Crippen molar-refractivity contribution in [3.05, 3.63) is 34.9 Å². The summed E-state index contributed by atoms with van der Waals surface area (Å²) in [5.74, 6) is 1.27. The normalized spacial score (nSPS) is 31.9. The van der Waals surface area contributed by atoms with Crippen LogP contribution in [-0.2, 0) is 14.9 Å². The molecule has 2 heterocycles. The number of hydrogen-bond donors (Lipinski definition) is 1. The van der Waals surface area contributed by atoms with E-state index in [1.807, 2.05) is 24.3 Å². The fraction of sp³-hybridized carbons (Fsp3) is 0.632. The molecule has 2 aliphatic heterocycles. The highest BCUT2D eigenvalue weighted by atomic mass is 35.5. The van der Waals surface area contributed by atoms with Crippen LogP contribution in [0.15, 0.2) is 24.3 Å². The average molecular weight is 349 g/mol. The summed E-state index contributed by atoms with van der Waals surface area (Å²) in [5.41, 5.74) is 6.67. The van der Waals surface area contributed by atoms with E-state index in [1.165, 1.54) is 0 Å². The predicted molar refractivity (Wildman–Crippen MR) is 94.0 cm³/mol. The van der Waals surface area contributed by atoms with Crippen molar-refractivity contribution in [3.8, 4) is 0 Å². The van der Waals surface area contributed by atoms with Gasteiger partial charge >= 0.3 is 0 Å². The fourth-order valence-corrected chi connectivity index (χ4v) is 5.26. The van der Waals surface area contributed by atoms with E-state index >= 15 is 0 Å². The van der Waals surface area contributed by atoms with Crippen molar-refractivity contribution in [2.75, 3.05) is 26.3 Å². The number of nitrogens with zero attached hydrogens (tertiary/aromatic N) is 1. The van der Waals surface area contributed by atoms with E-state index in [2.05, 4.69) is 4.90 Å². The van der Waals surface area contributed by atoms with Crippen molar-refractivity contribution in [2.24, 2.45) is 17.6 Å². The highest BCUT2D eigenvalue weighted by Gasteiger charge is 2.50. The molecule has 0 spiro atoms. The second-order valence-electron chi connectivity index (χ2n) is 7.55. The zero-order valence-corrected chi connectivity index (χ0v) is 14.7. The largest absolute Gasteiger partial charge is 0.381 e. The molecule has 0 aromatic heterocycles. The van der Waals surface area contributed by atoms with Gasteiger partial charge in [-0.3, -0.25) is 4.79 Å². The SMILES string of the molecule is NC1CCC2CN(C(=O)C3(c4ccccc4Cl)CCOCC3)CC12. The molecule has 1 aromatic rings. The molecule has 3 unspecified atom stereocenters. The Labute approximate surface area is 148 Å². The van der Waals surface area contributed by atoms with E-state index in [1.54, 1.807) is 0 Å². The number of amides is 1. The zero-order chi connectivity index (χ0) is 16.7. The fourth-order valence-electron chi connectivity index (χ4n) is 4.94. The summed E-state index contributed by atoms with van der Waals surface area (Å²) in [5, 5.41) is 0.684. The molecule has 130 valence electrons. The summed E-state index contributed by atoms with van der Waals surface area (Å²) in [4.78, 5) is 15.6. The molecule has 4 nitrogen and oxygen atoms in total. The lowest BCUT2D eigenvalue weighted by molar-refractivity contribution is -0.140. The molecule has 3 atom stereocenters. The Morgan fingerprint density at radius 3 is 2.67 bits per heavy atom. The molecule has 5 heteroatoms. The van der Waals surface area contributed by atoms with Crippen LogP contribution >= 0.6 is 11.6 Å². The number of halogens is 1. The summed E-state index contributed by atoms with van der Waals surface area (Å²) in [6, 6.07) is 8.03. The van der Waals surface area contributed by atoms with E-state index < -0.39 is 5.41 Å². The van der Waals surface area contributed by atoms with Gasteiger partial charge in [-0.2, -0.15) is 0 Å². The lowest BCUT2D eigenvalue weighted by Crippen LogP contribution is -2.50. The van der Waals surface area contributed by atoms with Gasteiger partial charge in [0.2, 0.25) is 5.91 Å². The molecule has 3 fully saturated rings. The van der Waals surface area contributed by atoms with Crippen molar-refractivity contribution in [3.63, 3.8) is 0 Å². The molecular formula is C19H25ClN2O2. The standard InChI is InChI=1S/C19H25ClN2O2/c20-16-4-2-1-3-15(16)19(7-9-24-10-8-19)18(23)22-11-13-5-6-17(21)14(13)12-22/h1-4,13-14,17H,5-12,21H2. The molecule has 1 amide bonds. The Morgan fingerprint density at radius 1 is 1.21 bits per heavy atom. The summed E-state index contributed by atoms with van der Waals surface area (Å²) < 4.78 is 5.56. The molecule has 1 aromatic carbocycles. The van der Waals surface area contributed by atoms with Gasteiger partial charge in [-0.15, -0.1) is 0 Å². The summed E-state index contributed by atoms with van der Waals surface area (Å²) in [7, 11) is 0. The minimum atomic E-state index is -0.542. The topological polar surface area (TPSA) is 55.6 Å². The summed E-state index contributed by atoms with van der Waals surface area (Å²) in [6.45, 7) is 2.87. The van der Waals surface area contributed by atoms with E-state index in [0.717, 1.165) is 31.5 Å². The Bertz CT molecular complexity index is 630. The van der Waals surface area contributed by atoms with Crippen LogP contribution in [0.4, 0.5) is 0 Å². The van der Waals surface area contributed by atoms with Crippen LogP contribution in [0.2, 0.25) is 5.02 Å². The number of nitrogens with two attached hydrogens (primary N) is 1. The molecule has 4 rings (SSSR count). The number of fused-ring (bicyclic) bond motifs is 1. The van der Waals surface area contributed by atoms with E-state index in [9.17, 15) is 4.79 Å². The monoisotopic (exact) mass is 348 g/mol. The van der Waals surface area contributed by atoms with Crippen LogP contribution < -0.4 is 5.73 Å². The number of rotatable bonds is 2. The van der Waals surface area contributed by atoms with Gasteiger partial charge in [0.15, 0.2) is 0 Å². The maximum atomic E-state index is 13.6. The van der Waals surface area contributed by atoms with E-state index in [-0.39, 0.29) is 11.9 Å². The van der Waals surface area contributed by atoms with Gasteiger partial charge in [-0.25, -0.2) is 0 Å². The molecule has 1 saturated carbocycles. The number of carbonyl (C=O) groups excluding carboxylic acids is 1. The first kappa shape index (κ1) is 16.4. The van der Waals surface area contributed by atoms with Crippen LogP contribution in [-0.4, -0.2) is 43.2 Å². The van der Waals surface area contributed by atoms with Crippen LogP contribution in [0.5, 0.6) is 0 Å². The van der Waals surface area contributed by atoms with Gasteiger partial charge in [-0.05, 0) is 49.1 Å². The van der Waals surface area contributed by atoms with Gasteiger partial charge in [0.05, 0.1) is 5.41 Å². The molecule has 1 aliphatic carbocycles. The Kier molecular flexibility index (Phi) is 4.31. The molecule has 24 heavy (non-hydrogen) atoms. The molecule has 2 saturated heterocycles. The Hall–Kier alpha value is -1.10. The first-order valence-electron chi connectivity index (χ1n) is 8.99. The van der Waals surface area contributed by atoms with Crippen molar-refractivity contribution in [1.29, 1.82) is 0 Å².